The first-order valence-electron chi connectivity index (χ1n) is 12.2. The Bertz CT molecular complexity index is 1470. The van der Waals surface area contributed by atoms with Crippen molar-refractivity contribution < 1.29 is 19.8 Å². The topological polar surface area (TPSA) is 172 Å². The number of thiophene rings is 1. The minimum Gasteiger partial charge on any atom is -0.398 e. The number of anilines is 1. The van der Waals surface area contributed by atoms with Crippen molar-refractivity contribution in [2.45, 2.75) is 38.6 Å². The Morgan fingerprint density at radius 2 is 2.11 bits per heavy atom. The molecular weight excluding hydrogens is 506 g/mol. The number of rotatable bonds is 7. The van der Waals surface area contributed by atoms with Gasteiger partial charge in [0.2, 0.25) is 0 Å². The average Bonchev–Trinajstić information content (AvgIpc) is 3.58. The molecule has 3 heterocycles. The maximum absolute atomic E-state index is 12.9. The number of carbonyl (C=O) groups excluding carboxylic acids is 2. The maximum Gasteiger partial charge on any atom is 0.267 e. The Morgan fingerprint density at radius 1 is 1.29 bits per heavy atom. The Hall–Kier alpha value is -3.84. The normalized spacial score (nSPS) is 17.8. The van der Waals surface area contributed by atoms with Crippen LogP contribution in [-0.4, -0.2) is 56.0 Å². The van der Waals surface area contributed by atoms with E-state index in [1.165, 1.54) is 17.4 Å². The second-order valence-electron chi connectivity index (χ2n) is 9.40. The number of aliphatic imine (C=N–C) groups is 1. The minimum atomic E-state index is -0.779. The molecule has 1 unspecified atom stereocenters. The van der Waals surface area contributed by atoms with Crippen molar-refractivity contribution in [2.75, 3.05) is 18.9 Å². The number of aliphatic hydroxyl groups is 2. The summed E-state index contributed by atoms with van der Waals surface area (Å²) in [5.74, 6) is -0.775. The number of carbonyl (C=O) groups is 2. The predicted octanol–water partition coefficient (Wildman–Crippen LogP) is 1.67. The lowest BCUT2D eigenvalue weighted by Crippen LogP contribution is -2.30. The second-order valence-corrected chi connectivity index (χ2v) is 10.5. The third-order valence-electron chi connectivity index (χ3n) is 6.72. The van der Waals surface area contributed by atoms with Gasteiger partial charge >= 0.3 is 0 Å². The molecule has 12 heteroatoms. The van der Waals surface area contributed by atoms with Crippen LogP contribution in [0.15, 0.2) is 41.4 Å². The summed E-state index contributed by atoms with van der Waals surface area (Å²) in [5.41, 5.74) is 15.0. The standard InChI is InChI=1S/C26H29N7O4S/c1-32-7-8-33-14(12-32)9-24(31-33)29-20(25(28)36)11-18(27)15-3-2-4-19(17(15)13-34)30-26(37)23-10-16-21(35)5-6-22(16)38-23/h2-4,9-11,21,34-35H,5-8,12-13,27H2,1H3,(H2,28,36)(H,30,37). The lowest BCUT2D eigenvalue weighted by molar-refractivity contribution is -0.111. The number of benzene rings is 1. The number of nitrogens with zero attached hydrogens (tertiary/aromatic N) is 4. The first-order chi connectivity index (χ1) is 18.2. The number of nitrogens with two attached hydrogens (primary N) is 2. The van der Waals surface area contributed by atoms with Crippen molar-refractivity contribution in [3.8, 4) is 0 Å². The number of aryl methyl sites for hydroxylation is 1. The summed E-state index contributed by atoms with van der Waals surface area (Å²) in [6, 6.07) is 8.53. The minimum absolute atomic E-state index is 0.0868. The Balaban J connectivity index is 1.41. The van der Waals surface area contributed by atoms with Gasteiger partial charge in [-0.25, -0.2) is 4.99 Å². The molecule has 0 bridgehead atoms. The van der Waals surface area contributed by atoms with Crippen LogP contribution in [0.2, 0.25) is 0 Å². The summed E-state index contributed by atoms with van der Waals surface area (Å²) in [5, 5.41) is 27.5. The van der Waals surface area contributed by atoms with E-state index in [0.29, 0.717) is 33.9 Å². The van der Waals surface area contributed by atoms with Gasteiger partial charge in [-0.05, 0) is 43.7 Å². The van der Waals surface area contributed by atoms with Gasteiger partial charge in [-0.1, -0.05) is 12.1 Å². The van der Waals surface area contributed by atoms with Gasteiger partial charge in [0.25, 0.3) is 11.8 Å². The summed E-state index contributed by atoms with van der Waals surface area (Å²) < 4.78 is 1.85. The number of primary amides is 1. The quantitative estimate of drug-likeness (QED) is 0.286. The van der Waals surface area contributed by atoms with E-state index in [2.05, 4.69) is 20.3 Å². The van der Waals surface area contributed by atoms with Gasteiger partial charge in [-0.2, -0.15) is 5.10 Å². The van der Waals surface area contributed by atoms with Crippen LogP contribution in [-0.2, 0) is 30.9 Å². The van der Waals surface area contributed by atoms with Crippen molar-refractivity contribution >= 4 is 46.1 Å². The van der Waals surface area contributed by atoms with Gasteiger partial charge in [-0.3, -0.25) is 19.2 Å². The highest BCUT2D eigenvalue weighted by Crippen LogP contribution is 2.37. The Kier molecular flexibility index (Phi) is 7.13. The fourth-order valence-electron chi connectivity index (χ4n) is 4.73. The van der Waals surface area contributed by atoms with Gasteiger partial charge < -0.3 is 27.0 Å². The van der Waals surface area contributed by atoms with Crippen molar-refractivity contribution in [2.24, 2.45) is 16.5 Å². The fourth-order valence-corrected chi connectivity index (χ4v) is 5.86. The molecule has 0 radical (unpaired) electrons. The number of hydrogen-bond donors (Lipinski definition) is 5. The number of likely N-dealkylation sites (N-methyl/N-ethyl adjacent to an activating group) is 1. The van der Waals surface area contributed by atoms with Gasteiger partial charge in [0.1, 0.15) is 5.71 Å². The Labute approximate surface area is 223 Å². The molecule has 1 aliphatic heterocycles. The molecule has 2 aromatic heterocycles. The monoisotopic (exact) mass is 535 g/mol. The first kappa shape index (κ1) is 25.8. The molecule has 2 amide bonds. The van der Waals surface area contributed by atoms with Crippen LogP contribution in [0.5, 0.6) is 0 Å². The van der Waals surface area contributed by atoms with E-state index in [0.717, 1.165) is 42.2 Å². The first-order valence-corrected chi connectivity index (χ1v) is 13.0. The summed E-state index contributed by atoms with van der Waals surface area (Å²) in [6.07, 6.45) is 2.22. The molecule has 198 valence electrons. The van der Waals surface area contributed by atoms with Crippen LogP contribution < -0.4 is 16.8 Å². The van der Waals surface area contributed by atoms with Gasteiger partial charge in [0, 0.05) is 46.5 Å². The molecule has 38 heavy (non-hydrogen) atoms. The molecule has 5 rings (SSSR count). The van der Waals surface area contributed by atoms with Crippen LogP contribution in [0.4, 0.5) is 11.5 Å². The van der Waals surface area contributed by atoms with E-state index in [4.69, 9.17) is 11.5 Å². The highest BCUT2D eigenvalue weighted by atomic mass is 32.1. The zero-order valence-electron chi connectivity index (χ0n) is 20.8. The zero-order chi connectivity index (χ0) is 27.0. The van der Waals surface area contributed by atoms with E-state index in [9.17, 15) is 19.8 Å². The summed E-state index contributed by atoms with van der Waals surface area (Å²) in [4.78, 5) is 33.1. The fraction of sp³-hybridized carbons (Fsp3) is 0.308. The van der Waals surface area contributed by atoms with Crippen LogP contribution in [0.3, 0.4) is 0 Å². The molecule has 0 saturated heterocycles. The second kappa shape index (κ2) is 10.5. The summed E-state index contributed by atoms with van der Waals surface area (Å²) in [6.45, 7) is 1.89. The number of aromatic nitrogens is 2. The van der Waals surface area contributed by atoms with Crippen LogP contribution in [0.1, 0.15) is 49.5 Å². The van der Waals surface area contributed by atoms with E-state index in [1.54, 1.807) is 30.3 Å². The molecule has 1 atom stereocenters. The number of nitrogens with one attached hydrogen (secondary N) is 1. The number of fused-ring (bicyclic) bond motifs is 2. The third-order valence-corrected chi connectivity index (χ3v) is 7.93. The van der Waals surface area contributed by atoms with Crippen molar-refractivity contribution in [1.82, 2.24) is 14.7 Å². The van der Waals surface area contributed by atoms with E-state index in [-0.39, 0.29) is 17.3 Å². The summed E-state index contributed by atoms with van der Waals surface area (Å²) in [7, 11) is 2.02. The van der Waals surface area contributed by atoms with E-state index in [1.807, 2.05) is 11.7 Å². The molecule has 0 saturated carbocycles. The Morgan fingerprint density at radius 3 is 2.84 bits per heavy atom. The molecule has 3 aromatic rings. The molecule has 1 aliphatic carbocycles. The molecular formula is C26H29N7O4S. The third kappa shape index (κ3) is 5.11. The highest BCUT2D eigenvalue weighted by molar-refractivity contribution is 7.14. The summed E-state index contributed by atoms with van der Waals surface area (Å²) >= 11 is 1.35. The largest absolute Gasteiger partial charge is 0.398 e. The zero-order valence-corrected chi connectivity index (χ0v) is 21.7. The van der Waals surface area contributed by atoms with Gasteiger partial charge in [0.15, 0.2) is 5.82 Å². The predicted molar refractivity (Wildman–Crippen MR) is 145 cm³/mol. The van der Waals surface area contributed by atoms with Crippen LogP contribution in [0.25, 0.3) is 5.70 Å². The number of hydrogen-bond acceptors (Lipinski definition) is 9. The molecule has 2 aliphatic rings. The number of aliphatic hydroxyl groups excluding tert-OH is 2. The van der Waals surface area contributed by atoms with E-state index >= 15 is 0 Å². The van der Waals surface area contributed by atoms with Gasteiger partial charge in [-0.15, -0.1) is 11.3 Å². The lowest BCUT2D eigenvalue weighted by Gasteiger charge is -2.22. The molecule has 0 spiro atoms. The number of amides is 2. The van der Waals surface area contributed by atoms with Crippen LogP contribution in [0, 0.1) is 0 Å². The SMILES string of the molecule is CN1CCn2nc(N=C(C=C(N)c3cccc(NC(=O)c4cc5c(s4)CCC5O)c3CO)C(N)=O)cc2C1. The highest BCUT2D eigenvalue weighted by Gasteiger charge is 2.26. The molecule has 7 N–H and O–H groups in total. The molecule has 1 aromatic carbocycles. The van der Waals surface area contributed by atoms with Crippen molar-refractivity contribution in [3.05, 3.63) is 68.5 Å². The average molecular weight is 536 g/mol. The van der Waals surface area contributed by atoms with Gasteiger partial charge in [0.05, 0.1) is 29.8 Å². The van der Waals surface area contributed by atoms with Crippen molar-refractivity contribution in [1.29, 1.82) is 0 Å². The van der Waals surface area contributed by atoms with Crippen molar-refractivity contribution in [3.63, 3.8) is 0 Å². The maximum atomic E-state index is 12.9. The smallest absolute Gasteiger partial charge is 0.267 e. The molecule has 11 nitrogen and oxygen atoms in total. The van der Waals surface area contributed by atoms with Crippen LogP contribution >= 0.6 is 11.3 Å². The molecule has 0 fully saturated rings. The van der Waals surface area contributed by atoms with E-state index < -0.39 is 18.6 Å². The lowest BCUT2D eigenvalue weighted by atomic mass is 10.0.